The summed E-state index contributed by atoms with van der Waals surface area (Å²) in [5.74, 6) is -0.741. The number of nitrogens with zero attached hydrogens (tertiary/aromatic N) is 1. The predicted molar refractivity (Wildman–Crippen MR) is 100 cm³/mol. The highest BCUT2D eigenvalue weighted by Crippen LogP contribution is 2.14. The second kappa shape index (κ2) is 9.89. The topological polar surface area (TPSA) is 61.4 Å². The van der Waals surface area contributed by atoms with Gasteiger partial charge in [0.25, 0.3) is 0 Å². The van der Waals surface area contributed by atoms with Gasteiger partial charge in [0, 0.05) is 17.3 Å². The van der Waals surface area contributed by atoms with Gasteiger partial charge in [-0.1, -0.05) is 36.7 Å². The highest BCUT2D eigenvalue weighted by Gasteiger charge is 2.13. The van der Waals surface area contributed by atoms with Crippen LogP contribution < -0.4 is 10.6 Å². The van der Waals surface area contributed by atoms with Crippen molar-refractivity contribution >= 4 is 29.1 Å². The molecule has 5 nitrogen and oxygen atoms in total. The predicted octanol–water partition coefficient (Wildman–Crippen LogP) is 3.06. The fourth-order valence-electron chi connectivity index (χ4n) is 2.31. The first kappa shape index (κ1) is 19.9. The van der Waals surface area contributed by atoms with Gasteiger partial charge in [-0.25, -0.2) is 4.39 Å². The molecule has 0 heterocycles. The third kappa shape index (κ3) is 6.82. The molecule has 138 valence electrons. The third-order valence-electron chi connectivity index (χ3n) is 3.69. The molecule has 0 saturated heterocycles. The Hall–Kier alpha value is -2.44. The number of halogens is 2. The van der Waals surface area contributed by atoms with E-state index in [1.54, 1.807) is 41.3 Å². The number of likely N-dealkylation sites (N-methyl/N-ethyl adjacent to an activating group) is 1. The van der Waals surface area contributed by atoms with Gasteiger partial charge in [0.1, 0.15) is 5.82 Å². The number of hydrogen-bond acceptors (Lipinski definition) is 3. The lowest BCUT2D eigenvalue weighted by molar-refractivity contribution is -0.123. The first-order valence-electron chi connectivity index (χ1n) is 8.25. The molecule has 0 spiro atoms. The fourth-order valence-corrected chi connectivity index (χ4v) is 2.50. The number of carbonyl (C=O) groups excluding carboxylic acids is 2. The number of carbonyl (C=O) groups is 2. The number of hydrogen-bond donors (Lipinski definition) is 2. The Labute approximate surface area is 157 Å². The summed E-state index contributed by atoms with van der Waals surface area (Å²) in [7, 11) is 0. The van der Waals surface area contributed by atoms with Gasteiger partial charge in [0.05, 0.1) is 13.1 Å². The lowest BCUT2D eigenvalue weighted by Crippen LogP contribution is -2.40. The third-order valence-corrected chi connectivity index (χ3v) is 3.93. The van der Waals surface area contributed by atoms with Crippen LogP contribution in [0, 0.1) is 5.82 Å². The van der Waals surface area contributed by atoms with Crippen LogP contribution in [-0.4, -0.2) is 36.3 Å². The summed E-state index contributed by atoms with van der Waals surface area (Å²) in [5, 5.41) is 6.05. The van der Waals surface area contributed by atoms with Gasteiger partial charge in [-0.3, -0.25) is 14.5 Å². The van der Waals surface area contributed by atoms with Crippen molar-refractivity contribution in [3.63, 3.8) is 0 Å². The number of benzene rings is 2. The van der Waals surface area contributed by atoms with Crippen LogP contribution in [0.5, 0.6) is 0 Å². The SMILES string of the molecule is CCN(CC(=O)NCc1ccc(F)cc1)CC(=O)Nc1cccc(Cl)c1. The van der Waals surface area contributed by atoms with Crippen LogP contribution in [0.3, 0.4) is 0 Å². The Morgan fingerprint density at radius 3 is 2.42 bits per heavy atom. The summed E-state index contributed by atoms with van der Waals surface area (Å²) in [6.07, 6.45) is 0. The molecule has 0 aromatic heterocycles. The van der Waals surface area contributed by atoms with E-state index < -0.39 is 0 Å². The number of anilines is 1. The van der Waals surface area contributed by atoms with Crippen LogP contribution in [0.15, 0.2) is 48.5 Å². The van der Waals surface area contributed by atoms with E-state index in [2.05, 4.69) is 10.6 Å². The molecule has 0 aliphatic rings. The van der Waals surface area contributed by atoms with E-state index in [0.29, 0.717) is 23.8 Å². The van der Waals surface area contributed by atoms with E-state index in [1.807, 2.05) is 6.92 Å². The molecule has 2 N–H and O–H groups in total. The zero-order chi connectivity index (χ0) is 18.9. The molecule has 2 amide bonds. The lowest BCUT2D eigenvalue weighted by Gasteiger charge is -2.19. The van der Waals surface area contributed by atoms with Crippen LogP contribution in [0.4, 0.5) is 10.1 Å². The quantitative estimate of drug-likeness (QED) is 0.743. The van der Waals surface area contributed by atoms with E-state index in [0.717, 1.165) is 5.56 Å². The maximum Gasteiger partial charge on any atom is 0.238 e. The summed E-state index contributed by atoms with van der Waals surface area (Å²) in [5.41, 5.74) is 1.42. The van der Waals surface area contributed by atoms with Crippen molar-refractivity contribution in [3.8, 4) is 0 Å². The van der Waals surface area contributed by atoms with Crippen molar-refractivity contribution in [2.24, 2.45) is 0 Å². The average Bonchev–Trinajstić information content (AvgIpc) is 2.60. The lowest BCUT2D eigenvalue weighted by atomic mass is 10.2. The smallest absolute Gasteiger partial charge is 0.238 e. The first-order valence-corrected chi connectivity index (χ1v) is 8.63. The zero-order valence-corrected chi connectivity index (χ0v) is 15.2. The molecule has 0 saturated carbocycles. The fraction of sp³-hybridized carbons (Fsp3) is 0.263. The Bertz CT molecular complexity index is 753. The van der Waals surface area contributed by atoms with Crippen molar-refractivity contribution in [2.75, 3.05) is 25.0 Å². The minimum Gasteiger partial charge on any atom is -0.351 e. The molecule has 7 heteroatoms. The molecule has 0 atom stereocenters. The summed E-state index contributed by atoms with van der Waals surface area (Å²) in [6.45, 7) is 2.92. The molecule has 0 unspecified atom stereocenters. The summed E-state index contributed by atoms with van der Waals surface area (Å²) >= 11 is 5.89. The van der Waals surface area contributed by atoms with Gasteiger partial charge in [0.15, 0.2) is 0 Å². The van der Waals surface area contributed by atoms with E-state index in [9.17, 15) is 14.0 Å². The standard InChI is InChI=1S/C19H21ClFN3O2/c1-2-24(13-19(26)23-17-5-3-4-15(20)10-17)12-18(25)22-11-14-6-8-16(21)9-7-14/h3-10H,2,11-13H2,1H3,(H,22,25)(H,23,26). The summed E-state index contributed by atoms with van der Waals surface area (Å²) < 4.78 is 12.9. The van der Waals surface area contributed by atoms with E-state index in [4.69, 9.17) is 11.6 Å². The molecule has 2 aromatic rings. The normalized spacial score (nSPS) is 10.6. The molecule has 2 rings (SSSR count). The maximum absolute atomic E-state index is 12.9. The van der Waals surface area contributed by atoms with Crippen LogP contribution in [0.1, 0.15) is 12.5 Å². The number of nitrogens with one attached hydrogen (secondary N) is 2. The average molecular weight is 378 g/mol. The monoisotopic (exact) mass is 377 g/mol. The molecular weight excluding hydrogens is 357 g/mol. The molecule has 0 fully saturated rings. The molecule has 0 radical (unpaired) electrons. The van der Waals surface area contributed by atoms with Gasteiger partial charge in [-0.15, -0.1) is 0 Å². The first-order chi connectivity index (χ1) is 12.5. The van der Waals surface area contributed by atoms with Gasteiger partial charge in [-0.2, -0.15) is 0 Å². The zero-order valence-electron chi connectivity index (χ0n) is 14.5. The van der Waals surface area contributed by atoms with E-state index >= 15 is 0 Å². The summed E-state index contributed by atoms with van der Waals surface area (Å²) in [4.78, 5) is 25.9. The second-order valence-electron chi connectivity index (χ2n) is 5.76. The molecule has 0 aliphatic heterocycles. The van der Waals surface area contributed by atoms with Crippen LogP contribution >= 0.6 is 11.6 Å². The number of amides is 2. The van der Waals surface area contributed by atoms with Crippen LogP contribution in [0.25, 0.3) is 0 Å². The van der Waals surface area contributed by atoms with Gasteiger partial charge in [0.2, 0.25) is 11.8 Å². The second-order valence-corrected chi connectivity index (χ2v) is 6.20. The largest absolute Gasteiger partial charge is 0.351 e. The summed E-state index contributed by atoms with van der Waals surface area (Å²) in [6, 6.07) is 12.8. The molecule has 26 heavy (non-hydrogen) atoms. The van der Waals surface area contributed by atoms with Crippen molar-refractivity contribution in [1.29, 1.82) is 0 Å². The van der Waals surface area contributed by atoms with Gasteiger partial charge < -0.3 is 10.6 Å². The Balaban J connectivity index is 1.79. The van der Waals surface area contributed by atoms with Crippen LogP contribution in [0.2, 0.25) is 5.02 Å². The van der Waals surface area contributed by atoms with Crippen molar-refractivity contribution in [3.05, 3.63) is 64.9 Å². The highest BCUT2D eigenvalue weighted by atomic mass is 35.5. The molecule has 0 aliphatic carbocycles. The van der Waals surface area contributed by atoms with Crippen molar-refractivity contribution in [2.45, 2.75) is 13.5 Å². The molecular formula is C19H21ClFN3O2. The van der Waals surface area contributed by atoms with Crippen molar-refractivity contribution in [1.82, 2.24) is 10.2 Å². The van der Waals surface area contributed by atoms with Gasteiger partial charge in [-0.05, 0) is 42.4 Å². The Kier molecular flexibility index (Phi) is 7.56. The van der Waals surface area contributed by atoms with Crippen LogP contribution in [-0.2, 0) is 16.1 Å². The molecule has 0 bridgehead atoms. The Morgan fingerprint density at radius 1 is 1.08 bits per heavy atom. The minimum absolute atomic E-state index is 0.0903. The Morgan fingerprint density at radius 2 is 1.77 bits per heavy atom. The number of rotatable bonds is 8. The van der Waals surface area contributed by atoms with E-state index in [1.165, 1.54) is 12.1 Å². The molecule has 2 aromatic carbocycles. The maximum atomic E-state index is 12.9. The van der Waals surface area contributed by atoms with E-state index in [-0.39, 0.29) is 30.7 Å². The minimum atomic E-state index is -0.317. The van der Waals surface area contributed by atoms with Crippen molar-refractivity contribution < 1.29 is 14.0 Å². The van der Waals surface area contributed by atoms with Gasteiger partial charge >= 0.3 is 0 Å². The highest BCUT2D eigenvalue weighted by molar-refractivity contribution is 6.30.